The Hall–Kier alpha value is -2.32. The zero-order valence-corrected chi connectivity index (χ0v) is 27.0. The summed E-state index contributed by atoms with van der Waals surface area (Å²) in [6.45, 7) is 11.8. The van der Waals surface area contributed by atoms with Crippen molar-refractivity contribution in [3.8, 4) is 0 Å². The van der Waals surface area contributed by atoms with Gasteiger partial charge in [-0.05, 0) is 61.1 Å². The number of amides is 1. The van der Waals surface area contributed by atoms with Crippen LogP contribution in [0.4, 0.5) is 4.79 Å². The number of methoxy groups -OCH3 is 1. The van der Waals surface area contributed by atoms with Crippen molar-refractivity contribution in [3.05, 3.63) is 0 Å². The zero-order valence-electron chi connectivity index (χ0n) is 27.0. The second kappa shape index (κ2) is 14.2. The van der Waals surface area contributed by atoms with E-state index in [2.05, 4.69) is 5.32 Å². The van der Waals surface area contributed by atoms with Crippen molar-refractivity contribution in [1.29, 1.82) is 0 Å². The van der Waals surface area contributed by atoms with Gasteiger partial charge in [0, 0.05) is 25.0 Å². The molecule has 13 atom stereocenters. The molecule has 0 spiro atoms. The minimum absolute atomic E-state index is 0.112. The molecular formula is C30H50N2O11. The topological polar surface area (TPSA) is 159 Å². The van der Waals surface area contributed by atoms with E-state index in [1.165, 1.54) is 14.0 Å². The van der Waals surface area contributed by atoms with Gasteiger partial charge < -0.3 is 43.7 Å². The number of ketones is 1. The first-order valence-corrected chi connectivity index (χ1v) is 15.2. The lowest BCUT2D eigenvalue weighted by molar-refractivity contribution is -0.295. The number of aliphatic hydroxyl groups is 1. The zero-order chi connectivity index (χ0) is 32.4. The van der Waals surface area contributed by atoms with E-state index in [0.29, 0.717) is 6.42 Å². The van der Waals surface area contributed by atoms with E-state index in [-0.39, 0.29) is 30.9 Å². The average molecular weight is 615 g/mol. The van der Waals surface area contributed by atoms with E-state index in [0.717, 1.165) is 0 Å². The fraction of sp³-hybridized carbons (Fsp3) is 0.867. The summed E-state index contributed by atoms with van der Waals surface area (Å²) in [5.41, 5.74) is -1.24. The molecule has 13 heteroatoms. The second-order valence-electron chi connectivity index (χ2n) is 12.8. The van der Waals surface area contributed by atoms with E-state index < -0.39 is 84.1 Å². The number of nitrogens with one attached hydrogen (secondary N) is 1. The van der Waals surface area contributed by atoms with Gasteiger partial charge in [0.1, 0.15) is 18.1 Å². The number of nitrogens with zero attached hydrogens (tertiary/aromatic N) is 1. The summed E-state index contributed by atoms with van der Waals surface area (Å²) in [6.07, 6.45) is -6.20. The third kappa shape index (κ3) is 7.67. The maximum atomic E-state index is 13.9. The van der Waals surface area contributed by atoms with Crippen LogP contribution in [0.1, 0.15) is 67.7 Å². The molecule has 0 unspecified atom stereocenters. The van der Waals surface area contributed by atoms with Gasteiger partial charge in [-0.25, -0.2) is 4.79 Å². The molecular weight excluding hydrogens is 564 g/mol. The molecule has 0 radical (unpaired) electrons. The molecule has 3 heterocycles. The average Bonchev–Trinajstić information content (AvgIpc) is 3.35. The van der Waals surface area contributed by atoms with Crippen molar-refractivity contribution < 1.29 is 52.7 Å². The number of carbonyl (C=O) groups excluding carboxylic acids is 4. The molecule has 0 bridgehead atoms. The van der Waals surface area contributed by atoms with Crippen LogP contribution in [0.15, 0.2) is 0 Å². The lowest BCUT2D eigenvalue weighted by Crippen LogP contribution is -2.59. The molecule has 3 aliphatic heterocycles. The highest BCUT2D eigenvalue weighted by Crippen LogP contribution is 2.36. The highest BCUT2D eigenvalue weighted by molar-refractivity contribution is 6.00. The lowest BCUT2D eigenvalue weighted by atomic mass is 9.78. The number of hydrogen-bond donors (Lipinski definition) is 2. The predicted molar refractivity (Wildman–Crippen MR) is 153 cm³/mol. The smallest absolute Gasteiger partial charge is 0.458 e. The molecule has 13 nitrogen and oxygen atoms in total. The number of rotatable bonds is 5. The number of carbonyl (C=O) groups is 4. The van der Waals surface area contributed by atoms with Crippen molar-refractivity contribution in [2.45, 2.75) is 128 Å². The Bertz CT molecular complexity index is 1020. The van der Waals surface area contributed by atoms with Crippen LogP contribution in [0.3, 0.4) is 0 Å². The van der Waals surface area contributed by atoms with E-state index in [4.69, 9.17) is 28.4 Å². The van der Waals surface area contributed by atoms with Gasteiger partial charge in [-0.1, -0.05) is 20.8 Å². The normalized spacial score (nSPS) is 43.5. The Morgan fingerprint density at radius 3 is 2.23 bits per heavy atom. The van der Waals surface area contributed by atoms with E-state index in [9.17, 15) is 24.3 Å². The molecule has 3 rings (SSSR count). The van der Waals surface area contributed by atoms with Crippen LogP contribution in [-0.4, -0.2) is 116 Å². The van der Waals surface area contributed by atoms with Gasteiger partial charge in [0.05, 0.1) is 23.9 Å². The van der Waals surface area contributed by atoms with Gasteiger partial charge in [-0.15, -0.1) is 0 Å². The van der Waals surface area contributed by atoms with Crippen molar-refractivity contribution in [2.75, 3.05) is 21.2 Å². The van der Waals surface area contributed by atoms with Crippen LogP contribution < -0.4 is 5.32 Å². The molecule has 1 amide bonds. The molecule has 0 aliphatic carbocycles. The van der Waals surface area contributed by atoms with Gasteiger partial charge >= 0.3 is 12.1 Å². The molecule has 43 heavy (non-hydrogen) atoms. The highest BCUT2D eigenvalue weighted by atomic mass is 16.8. The number of fused-ring (bicyclic) bond motifs is 1. The first-order chi connectivity index (χ1) is 20.0. The van der Waals surface area contributed by atoms with Gasteiger partial charge in [0.2, 0.25) is 5.91 Å². The van der Waals surface area contributed by atoms with Crippen molar-refractivity contribution in [3.63, 3.8) is 0 Å². The third-order valence-corrected chi connectivity index (χ3v) is 9.15. The Kier molecular flexibility index (Phi) is 11.6. The number of likely N-dealkylation sites (N-methyl/N-ethyl adjacent to an activating group) is 1. The Morgan fingerprint density at radius 2 is 1.65 bits per heavy atom. The second-order valence-corrected chi connectivity index (χ2v) is 12.8. The SMILES string of the molecule is CC[C@H]1OC(=O)[C@H](C)C(=O)[C@H](C)[C@@H](O[C@@H]2O[C@H](C)C[C@@H](N(C)C)[C@H]2O)[C@](C)(OC)C[C@@H](C)C(=O)N[C@@H](C)[C@@H]2OC(=O)O[C@@H]21. The number of Topliss-reactive ketones (excluding diaryl/α,β-unsaturated/α-hetero) is 1. The number of esters is 1. The fourth-order valence-electron chi connectivity index (χ4n) is 6.41. The maximum absolute atomic E-state index is 13.9. The Balaban J connectivity index is 2.03. The number of hydrogen-bond acceptors (Lipinski definition) is 12. The van der Waals surface area contributed by atoms with Gasteiger partial charge in [-0.2, -0.15) is 0 Å². The van der Waals surface area contributed by atoms with Crippen molar-refractivity contribution in [2.24, 2.45) is 17.8 Å². The van der Waals surface area contributed by atoms with Crippen molar-refractivity contribution in [1.82, 2.24) is 10.2 Å². The van der Waals surface area contributed by atoms with Gasteiger partial charge in [0.25, 0.3) is 0 Å². The molecule has 2 N–H and O–H groups in total. The molecule has 0 aromatic heterocycles. The van der Waals surface area contributed by atoms with Crippen LogP contribution in [0.2, 0.25) is 0 Å². The summed E-state index contributed by atoms with van der Waals surface area (Å²) >= 11 is 0. The standard InChI is InChI=1S/C30H50N2O11/c1-11-20-24-23(41-29(37)42-24)18(6)31-26(35)14(2)13-30(7,38-10)25(16(4)21(33)17(5)27(36)40-20)43-28-22(34)19(32(8)9)12-15(3)39-28/h14-20,22-25,28,34H,11-13H2,1-10H3,(H,31,35)/t14-,15-,16+,17-,18+,19-,20-,22-,23+,24-,25-,28+,30-/m1/s1. The van der Waals surface area contributed by atoms with Crippen LogP contribution in [0.25, 0.3) is 0 Å². The maximum Gasteiger partial charge on any atom is 0.509 e. The molecule has 0 saturated carbocycles. The summed E-state index contributed by atoms with van der Waals surface area (Å²) in [7, 11) is 5.18. The molecule has 3 saturated heterocycles. The minimum atomic E-state index is -1.24. The van der Waals surface area contributed by atoms with Gasteiger partial charge in [0.15, 0.2) is 24.3 Å². The minimum Gasteiger partial charge on any atom is -0.458 e. The quantitative estimate of drug-likeness (QED) is 0.342. The fourth-order valence-corrected chi connectivity index (χ4v) is 6.41. The first-order valence-electron chi connectivity index (χ1n) is 15.2. The number of aliphatic hydroxyl groups excluding tert-OH is 1. The van der Waals surface area contributed by atoms with Gasteiger partial charge in [-0.3, -0.25) is 14.4 Å². The molecule has 0 aromatic carbocycles. The van der Waals surface area contributed by atoms with E-state index in [1.54, 1.807) is 34.6 Å². The summed E-state index contributed by atoms with van der Waals surface area (Å²) < 4.78 is 34.9. The summed E-state index contributed by atoms with van der Waals surface area (Å²) in [5.74, 6) is -4.43. The molecule has 0 aromatic rings. The van der Waals surface area contributed by atoms with E-state index >= 15 is 0 Å². The number of ether oxygens (including phenoxy) is 6. The molecule has 3 fully saturated rings. The van der Waals surface area contributed by atoms with E-state index in [1.807, 2.05) is 25.9 Å². The van der Waals surface area contributed by atoms with Crippen LogP contribution in [-0.2, 0) is 42.8 Å². The molecule has 246 valence electrons. The Morgan fingerprint density at radius 1 is 1.02 bits per heavy atom. The molecule has 3 aliphatic rings. The van der Waals surface area contributed by atoms with Crippen LogP contribution in [0, 0.1) is 17.8 Å². The lowest BCUT2D eigenvalue weighted by Gasteiger charge is -2.46. The highest BCUT2D eigenvalue weighted by Gasteiger charge is 2.51. The largest absolute Gasteiger partial charge is 0.509 e. The third-order valence-electron chi connectivity index (χ3n) is 9.15. The van der Waals surface area contributed by atoms with Crippen molar-refractivity contribution >= 4 is 23.8 Å². The summed E-state index contributed by atoms with van der Waals surface area (Å²) in [5, 5.41) is 14.1. The van der Waals surface area contributed by atoms with Crippen LogP contribution in [0.5, 0.6) is 0 Å². The summed E-state index contributed by atoms with van der Waals surface area (Å²) in [6, 6.07) is -0.948. The van der Waals surface area contributed by atoms with Crippen LogP contribution >= 0.6 is 0 Å². The summed E-state index contributed by atoms with van der Waals surface area (Å²) in [4.78, 5) is 54.7. The monoisotopic (exact) mass is 614 g/mol. The predicted octanol–water partition coefficient (Wildman–Crippen LogP) is 1.81. The number of cyclic esters (lactones) is 1. The first kappa shape index (κ1) is 35.2. The Labute approximate surface area is 254 Å².